The first-order valence-electron chi connectivity index (χ1n) is 5.85. The number of hydrogen-bond donors (Lipinski definition) is 1. The van der Waals surface area contributed by atoms with Crippen molar-refractivity contribution in [1.29, 1.82) is 0 Å². The zero-order valence-corrected chi connectivity index (χ0v) is 11.0. The van der Waals surface area contributed by atoms with Gasteiger partial charge in [-0.05, 0) is 31.0 Å². The first-order valence-corrected chi connectivity index (χ1v) is 6.23. The summed E-state index contributed by atoms with van der Waals surface area (Å²) in [4.78, 5) is 11.1. The molecule has 3 nitrogen and oxygen atoms in total. The Morgan fingerprint density at radius 2 is 2.18 bits per heavy atom. The van der Waals surface area contributed by atoms with E-state index in [1.807, 2.05) is 32.0 Å². The molecule has 0 aliphatic heterocycles. The van der Waals surface area contributed by atoms with Gasteiger partial charge in [-0.2, -0.15) is 0 Å². The summed E-state index contributed by atoms with van der Waals surface area (Å²) in [5, 5.41) is 3.44. The highest BCUT2D eigenvalue weighted by atomic mass is 35.5. The van der Waals surface area contributed by atoms with E-state index in [1.54, 1.807) is 0 Å². The maximum absolute atomic E-state index is 11.1. The minimum atomic E-state index is 0.0713. The van der Waals surface area contributed by atoms with Gasteiger partial charge in [-0.1, -0.05) is 24.6 Å². The third kappa shape index (κ3) is 4.65. The highest BCUT2D eigenvalue weighted by Gasteiger charge is 2.03. The average molecular weight is 256 g/mol. The van der Waals surface area contributed by atoms with Crippen molar-refractivity contribution < 1.29 is 9.53 Å². The van der Waals surface area contributed by atoms with Gasteiger partial charge in [0.1, 0.15) is 5.75 Å². The molecule has 0 saturated carbocycles. The lowest BCUT2D eigenvalue weighted by Crippen LogP contribution is -2.24. The highest BCUT2D eigenvalue weighted by molar-refractivity contribution is 6.32. The molecule has 1 aromatic carbocycles. The van der Waals surface area contributed by atoms with Crippen LogP contribution in [-0.4, -0.2) is 19.1 Å². The molecule has 0 saturated heterocycles. The van der Waals surface area contributed by atoms with E-state index in [1.165, 1.54) is 0 Å². The number of carbonyl (C=O) groups excluding carboxylic acids is 1. The summed E-state index contributed by atoms with van der Waals surface area (Å²) >= 11 is 6.06. The van der Waals surface area contributed by atoms with Crippen molar-refractivity contribution in [3.05, 3.63) is 28.8 Å². The first-order chi connectivity index (χ1) is 8.17. The van der Waals surface area contributed by atoms with E-state index >= 15 is 0 Å². The van der Waals surface area contributed by atoms with Crippen LogP contribution in [-0.2, 0) is 11.2 Å². The second-order valence-corrected chi connectivity index (χ2v) is 4.06. The molecule has 1 rings (SSSR count). The van der Waals surface area contributed by atoms with Gasteiger partial charge in [0.05, 0.1) is 11.6 Å². The molecule has 0 aromatic heterocycles. The fourth-order valence-electron chi connectivity index (χ4n) is 1.44. The topological polar surface area (TPSA) is 38.3 Å². The molecule has 0 atom stereocenters. The van der Waals surface area contributed by atoms with Crippen LogP contribution in [0.2, 0.25) is 5.02 Å². The van der Waals surface area contributed by atoms with Crippen molar-refractivity contribution in [2.75, 3.05) is 13.2 Å². The quantitative estimate of drug-likeness (QED) is 0.849. The average Bonchev–Trinajstić information content (AvgIpc) is 2.32. The molecule has 1 N–H and O–H groups in total. The minimum Gasteiger partial charge on any atom is -0.492 e. The Morgan fingerprint density at radius 1 is 1.41 bits per heavy atom. The van der Waals surface area contributed by atoms with E-state index in [0.29, 0.717) is 30.3 Å². The number of ether oxygens (including phenoxy) is 1. The Labute approximate surface area is 107 Å². The summed E-state index contributed by atoms with van der Waals surface area (Å²) in [5.74, 6) is 0.776. The van der Waals surface area contributed by atoms with E-state index in [9.17, 15) is 4.79 Å². The molecule has 4 heteroatoms. The molecule has 0 unspecified atom stereocenters. The summed E-state index contributed by atoms with van der Waals surface area (Å²) in [7, 11) is 0. The molecule has 0 radical (unpaired) electrons. The van der Waals surface area contributed by atoms with Gasteiger partial charge in [-0.25, -0.2) is 0 Å². The van der Waals surface area contributed by atoms with Gasteiger partial charge in [-0.15, -0.1) is 0 Å². The molecule has 0 spiro atoms. The molecule has 17 heavy (non-hydrogen) atoms. The van der Waals surface area contributed by atoms with Crippen LogP contribution < -0.4 is 10.1 Å². The lowest BCUT2D eigenvalue weighted by atomic mass is 10.1. The Kier molecular flexibility index (Phi) is 5.84. The Morgan fingerprint density at radius 3 is 2.76 bits per heavy atom. The lowest BCUT2D eigenvalue weighted by molar-refractivity contribution is -0.120. The number of carbonyl (C=O) groups is 1. The zero-order valence-electron chi connectivity index (χ0n) is 10.3. The maximum atomic E-state index is 11.1. The standard InChI is InChI=1S/C13H18ClNO2/c1-3-13(16)15-8-7-10-5-6-12(17-4-2)11(14)9-10/h5-6,9H,3-4,7-8H2,1-2H3,(H,15,16). The van der Waals surface area contributed by atoms with Crippen LogP contribution in [0.3, 0.4) is 0 Å². The van der Waals surface area contributed by atoms with Crippen molar-refractivity contribution in [3.8, 4) is 5.75 Å². The van der Waals surface area contributed by atoms with E-state index in [-0.39, 0.29) is 5.91 Å². The van der Waals surface area contributed by atoms with Crippen LogP contribution >= 0.6 is 11.6 Å². The Balaban J connectivity index is 2.50. The van der Waals surface area contributed by atoms with Crippen molar-refractivity contribution in [3.63, 3.8) is 0 Å². The fraction of sp³-hybridized carbons (Fsp3) is 0.462. The van der Waals surface area contributed by atoms with Crippen LogP contribution in [0.5, 0.6) is 5.75 Å². The van der Waals surface area contributed by atoms with Gasteiger partial charge >= 0.3 is 0 Å². The molecular weight excluding hydrogens is 238 g/mol. The largest absolute Gasteiger partial charge is 0.492 e. The Bertz CT molecular complexity index is 380. The van der Waals surface area contributed by atoms with Crippen molar-refractivity contribution in [2.45, 2.75) is 26.7 Å². The van der Waals surface area contributed by atoms with Gasteiger partial charge < -0.3 is 10.1 Å². The highest BCUT2D eigenvalue weighted by Crippen LogP contribution is 2.25. The molecule has 0 heterocycles. The second-order valence-electron chi connectivity index (χ2n) is 3.65. The minimum absolute atomic E-state index is 0.0713. The maximum Gasteiger partial charge on any atom is 0.219 e. The van der Waals surface area contributed by atoms with Gasteiger partial charge in [0.2, 0.25) is 5.91 Å². The Hall–Kier alpha value is -1.22. The number of benzene rings is 1. The van der Waals surface area contributed by atoms with Crippen LogP contribution in [0.15, 0.2) is 18.2 Å². The zero-order chi connectivity index (χ0) is 12.7. The summed E-state index contributed by atoms with van der Waals surface area (Å²) in [6.45, 7) is 5.00. The van der Waals surface area contributed by atoms with Crippen molar-refractivity contribution >= 4 is 17.5 Å². The molecule has 1 amide bonds. The van der Waals surface area contributed by atoms with Gasteiger partial charge in [0.25, 0.3) is 0 Å². The third-order valence-electron chi connectivity index (χ3n) is 2.35. The van der Waals surface area contributed by atoms with Gasteiger partial charge in [-0.3, -0.25) is 4.79 Å². The number of amides is 1. The van der Waals surface area contributed by atoms with Gasteiger partial charge in [0, 0.05) is 13.0 Å². The summed E-state index contributed by atoms with van der Waals surface area (Å²) in [6, 6.07) is 5.71. The SMILES string of the molecule is CCOc1ccc(CCNC(=O)CC)cc1Cl. The van der Waals surface area contributed by atoms with Crippen LogP contribution in [0.1, 0.15) is 25.8 Å². The predicted octanol–water partition coefficient (Wildman–Crippen LogP) is 2.81. The summed E-state index contributed by atoms with van der Waals surface area (Å²) in [6.07, 6.45) is 1.29. The molecule has 1 aromatic rings. The normalized spacial score (nSPS) is 10.1. The number of halogens is 1. The first kappa shape index (κ1) is 13.8. The van der Waals surface area contributed by atoms with Crippen molar-refractivity contribution in [1.82, 2.24) is 5.32 Å². The monoisotopic (exact) mass is 255 g/mol. The van der Waals surface area contributed by atoms with E-state index in [4.69, 9.17) is 16.3 Å². The summed E-state index contributed by atoms with van der Waals surface area (Å²) < 4.78 is 5.35. The van der Waals surface area contributed by atoms with Crippen LogP contribution in [0.4, 0.5) is 0 Å². The fourth-order valence-corrected chi connectivity index (χ4v) is 1.70. The van der Waals surface area contributed by atoms with E-state index < -0.39 is 0 Å². The second kappa shape index (κ2) is 7.17. The third-order valence-corrected chi connectivity index (χ3v) is 2.65. The molecule has 0 bridgehead atoms. The van der Waals surface area contributed by atoms with Crippen molar-refractivity contribution in [2.24, 2.45) is 0 Å². The van der Waals surface area contributed by atoms with Gasteiger partial charge in [0.15, 0.2) is 0 Å². The molecule has 0 fully saturated rings. The molecule has 0 aliphatic rings. The molecule has 94 valence electrons. The predicted molar refractivity (Wildman–Crippen MR) is 69.6 cm³/mol. The molecule has 0 aliphatic carbocycles. The van der Waals surface area contributed by atoms with Crippen LogP contribution in [0, 0.1) is 0 Å². The smallest absolute Gasteiger partial charge is 0.219 e. The lowest BCUT2D eigenvalue weighted by Gasteiger charge is -2.08. The molecular formula is C13H18ClNO2. The number of nitrogens with one attached hydrogen (secondary N) is 1. The van der Waals surface area contributed by atoms with Crippen LogP contribution in [0.25, 0.3) is 0 Å². The number of hydrogen-bond acceptors (Lipinski definition) is 2. The van der Waals surface area contributed by atoms with E-state index in [2.05, 4.69) is 5.32 Å². The summed E-state index contributed by atoms with van der Waals surface area (Å²) in [5.41, 5.74) is 1.09. The van der Waals surface area contributed by atoms with E-state index in [0.717, 1.165) is 12.0 Å². The number of rotatable bonds is 6.